The molecular formula is C27H29FmN2O4-. The summed E-state index contributed by atoms with van der Waals surface area (Å²) in [6.07, 6.45) is 2.71. The first-order valence-electron chi connectivity index (χ1n) is 11.3. The maximum absolute atomic E-state index is 13.1. The Kier molecular flexibility index (Phi) is 8.89. The Morgan fingerprint density at radius 2 is 1.53 bits per heavy atom. The summed E-state index contributed by atoms with van der Waals surface area (Å²) < 4.78 is 0. The Morgan fingerprint density at radius 1 is 0.912 bits per heavy atom. The number of hydrogen-bond donors (Lipinski definition) is 3. The van der Waals surface area contributed by atoms with E-state index in [9.17, 15) is 19.5 Å². The van der Waals surface area contributed by atoms with Gasteiger partial charge in [-0.15, -0.1) is 0 Å². The number of carboxylic acid groups (broad SMARTS) is 1. The fourth-order valence-corrected chi connectivity index (χ4v) is 4.54. The van der Waals surface area contributed by atoms with Gasteiger partial charge in [0.15, 0.2) is 0 Å². The average molecular weight is 703 g/mol. The zero-order valence-corrected chi connectivity index (χ0v) is 21.5. The molecule has 3 aromatic carbocycles. The number of carboxylic acids is 1. The van der Waals surface area contributed by atoms with E-state index in [2.05, 4.69) is 10.6 Å². The van der Waals surface area contributed by atoms with Crippen molar-refractivity contribution in [2.24, 2.45) is 0 Å². The SMILES string of the molecule is CC.O=[C-]NC1C(=O)NC(C(=O)O)C(c2ccccc2)CCC1c1ccc2ccccc2c1.[Fm]. The number of amides is 2. The van der Waals surface area contributed by atoms with Crippen molar-refractivity contribution in [3.63, 3.8) is 0 Å². The van der Waals surface area contributed by atoms with Crippen LogP contribution < -0.4 is 10.6 Å². The fraction of sp³-hybridized carbons (Fsp3) is 0.296. The third-order valence-corrected chi connectivity index (χ3v) is 6.08. The van der Waals surface area contributed by atoms with Crippen LogP contribution in [0.5, 0.6) is 0 Å². The van der Waals surface area contributed by atoms with Crippen molar-refractivity contribution in [3.05, 3.63) is 83.9 Å². The van der Waals surface area contributed by atoms with E-state index in [1.165, 1.54) is 0 Å². The van der Waals surface area contributed by atoms with Crippen LogP contribution in [0.25, 0.3) is 10.8 Å². The molecule has 0 spiro atoms. The molecule has 0 radical (unpaired) electrons. The second-order valence-corrected chi connectivity index (χ2v) is 7.86. The topological polar surface area (TPSA) is 95.5 Å². The maximum Gasteiger partial charge on any atom is 0.326 e. The number of hydrogen-bond acceptors (Lipinski definition) is 3. The van der Waals surface area contributed by atoms with Gasteiger partial charge in [0.2, 0.25) is 5.91 Å². The van der Waals surface area contributed by atoms with Crippen molar-refractivity contribution in [3.8, 4) is 0 Å². The molecule has 184 valence electrons. The van der Waals surface area contributed by atoms with Crippen LogP contribution in [0.15, 0.2) is 72.8 Å². The van der Waals surface area contributed by atoms with Gasteiger partial charge in [-0.25, -0.2) is 4.79 Å². The molecule has 6 nitrogen and oxygen atoms in total. The molecule has 2 amide bonds. The molecule has 7 heteroatoms. The van der Waals surface area contributed by atoms with E-state index >= 15 is 0 Å². The number of rotatable bonds is 5. The largest absolute Gasteiger partial charge is 0.520 e. The Bertz CT molecular complexity index is 1110. The van der Waals surface area contributed by atoms with Crippen molar-refractivity contribution in [1.82, 2.24) is 10.6 Å². The first-order valence-corrected chi connectivity index (χ1v) is 11.3. The molecule has 3 aromatic rings. The Balaban J connectivity index is 0.00000133. The molecule has 1 saturated heterocycles. The van der Waals surface area contributed by atoms with E-state index in [1.54, 1.807) is 6.41 Å². The van der Waals surface area contributed by atoms with Gasteiger partial charge in [0.05, 0.1) is 6.04 Å². The van der Waals surface area contributed by atoms with Crippen LogP contribution in [-0.2, 0) is 14.4 Å². The van der Waals surface area contributed by atoms with Crippen LogP contribution in [0.3, 0.4) is 0 Å². The molecule has 4 rings (SSSR count). The molecular weight excluding hydrogens is 673 g/mol. The van der Waals surface area contributed by atoms with Gasteiger partial charge in [-0.2, -0.15) is 6.41 Å². The summed E-state index contributed by atoms with van der Waals surface area (Å²) in [6, 6.07) is 21.3. The first-order chi connectivity index (χ1) is 16.1. The van der Waals surface area contributed by atoms with Crippen LogP contribution in [0.4, 0.5) is 0 Å². The summed E-state index contributed by atoms with van der Waals surface area (Å²) in [7, 11) is 0. The molecule has 1 fully saturated rings. The number of carbonyl (C=O) groups excluding carboxylic acids is 2. The maximum atomic E-state index is 13.1. The Morgan fingerprint density at radius 3 is 2.18 bits per heavy atom. The summed E-state index contributed by atoms with van der Waals surface area (Å²) in [6.45, 7) is 4.00. The monoisotopic (exact) mass is 702 g/mol. The van der Waals surface area contributed by atoms with Gasteiger partial charge >= 0.3 is 5.97 Å². The van der Waals surface area contributed by atoms with Crippen molar-refractivity contribution < 1.29 is 19.5 Å². The first kappa shape index (κ1) is 25.6. The van der Waals surface area contributed by atoms with E-state index in [1.807, 2.05) is 86.6 Å². The average Bonchev–Trinajstić information content (AvgIpc) is 2.85. The number of carbonyl (C=O) groups is 2. The van der Waals surface area contributed by atoms with Crippen LogP contribution in [0.1, 0.15) is 49.7 Å². The minimum absolute atomic E-state index is 0. The van der Waals surface area contributed by atoms with Gasteiger partial charge in [0, 0.05) is 11.8 Å². The van der Waals surface area contributed by atoms with Crippen LogP contribution in [0.2, 0.25) is 0 Å². The summed E-state index contributed by atoms with van der Waals surface area (Å²) in [5.74, 6) is -2.31. The Hall–Kier alpha value is -4.67. The molecule has 4 unspecified atom stereocenters. The second-order valence-electron chi connectivity index (χ2n) is 7.86. The molecule has 0 aliphatic carbocycles. The number of nitrogens with one attached hydrogen (secondary N) is 2. The zero-order valence-electron chi connectivity index (χ0n) is 19.1. The Labute approximate surface area is 194 Å². The second kappa shape index (κ2) is 11.8. The smallest absolute Gasteiger partial charge is 0.326 e. The van der Waals surface area contributed by atoms with Gasteiger partial charge in [0.1, 0.15) is 6.04 Å². The van der Waals surface area contributed by atoms with Gasteiger partial charge in [-0.1, -0.05) is 86.6 Å². The van der Waals surface area contributed by atoms with Crippen LogP contribution >= 0.6 is 0 Å². The van der Waals surface area contributed by atoms with E-state index in [0.29, 0.717) is 12.8 Å². The summed E-state index contributed by atoms with van der Waals surface area (Å²) in [4.78, 5) is 36.3. The van der Waals surface area contributed by atoms with E-state index in [0.717, 1.165) is 21.9 Å². The number of aliphatic carboxylic acids is 1. The van der Waals surface area contributed by atoms with Gasteiger partial charge < -0.3 is 20.5 Å². The summed E-state index contributed by atoms with van der Waals surface area (Å²) in [5, 5.41) is 17.1. The quantitative estimate of drug-likeness (QED) is 0.276. The molecule has 1 aliphatic rings. The van der Waals surface area contributed by atoms with E-state index < -0.39 is 24.0 Å². The molecule has 0 bridgehead atoms. The van der Waals surface area contributed by atoms with Crippen molar-refractivity contribution in [2.45, 2.75) is 50.6 Å². The van der Waals surface area contributed by atoms with Crippen molar-refractivity contribution >= 4 is 29.1 Å². The number of fused-ring (bicyclic) bond motifs is 1. The molecule has 1 aliphatic heterocycles. The molecule has 0 aromatic heterocycles. The van der Waals surface area contributed by atoms with Gasteiger partial charge in [0.25, 0.3) is 0 Å². The fourth-order valence-electron chi connectivity index (χ4n) is 4.54. The zero-order chi connectivity index (χ0) is 23.8. The minimum atomic E-state index is -1.10. The minimum Gasteiger partial charge on any atom is -0.520 e. The summed E-state index contributed by atoms with van der Waals surface area (Å²) in [5.41, 5.74) is 1.78. The van der Waals surface area contributed by atoms with Gasteiger partial charge in [-0.3, -0.25) is 4.79 Å². The standard InChI is InChI=1S/C25H23N2O4.C2H6.Fm/c28-15-26-22-21(19-11-10-16-6-4-5-9-18(16)14-19)13-12-20(17-7-2-1-3-8-17)23(25(30)31)27-24(22)29;1-2;/h1-11,14,20-23H,12-13H2,(H,26,28)(H,27,29)(H,30,31);1-2H3;/q-1;;. The normalized spacial score (nSPS) is 22.0. The predicted octanol–water partition coefficient (Wildman–Crippen LogP) is 4.12. The third kappa shape index (κ3) is 5.38. The molecule has 4 atom stereocenters. The molecule has 3 N–H and O–H groups in total. The third-order valence-electron chi connectivity index (χ3n) is 6.08. The molecule has 0 saturated carbocycles. The predicted molar refractivity (Wildman–Crippen MR) is 129 cm³/mol. The van der Waals surface area contributed by atoms with Crippen molar-refractivity contribution in [2.75, 3.05) is 0 Å². The molecule has 34 heavy (non-hydrogen) atoms. The van der Waals surface area contributed by atoms with E-state index in [-0.39, 0.29) is 11.8 Å². The summed E-state index contributed by atoms with van der Waals surface area (Å²) >= 11 is 0. The van der Waals surface area contributed by atoms with Gasteiger partial charge in [-0.05, 0) is 34.7 Å². The van der Waals surface area contributed by atoms with Crippen molar-refractivity contribution in [1.29, 1.82) is 0 Å². The van der Waals surface area contributed by atoms with E-state index in [4.69, 9.17) is 0 Å². The molecule has 1 heterocycles. The number of benzene rings is 3. The van der Waals surface area contributed by atoms with Crippen LogP contribution in [0, 0.1) is 0 Å². The van der Waals surface area contributed by atoms with Crippen LogP contribution in [-0.4, -0.2) is 35.5 Å².